The molecule has 0 radical (unpaired) electrons. The van der Waals surface area contributed by atoms with Crippen LogP contribution in [0.2, 0.25) is 0 Å². The third kappa shape index (κ3) is 2.40. The van der Waals surface area contributed by atoms with E-state index in [0.717, 1.165) is 0 Å². The first kappa shape index (κ1) is 10.4. The number of halogens is 1. The van der Waals surface area contributed by atoms with Crippen molar-refractivity contribution in [1.29, 1.82) is 0 Å². The Morgan fingerprint density at radius 3 is 2.54 bits per heavy atom. The summed E-state index contributed by atoms with van der Waals surface area (Å²) in [4.78, 5) is 11.0. The molecule has 1 rings (SSSR count). The number of ether oxygens (including phenoxy) is 1. The molecule has 0 bridgehead atoms. The van der Waals surface area contributed by atoms with Gasteiger partial charge in [-0.2, -0.15) is 0 Å². The van der Waals surface area contributed by atoms with Gasteiger partial charge in [0, 0.05) is 13.2 Å². The van der Waals surface area contributed by atoms with Gasteiger partial charge >= 0.3 is 5.97 Å². The number of carboxylic acid groups (broad SMARTS) is 1. The number of hydrogen-bond acceptors (Lipinski definition) is 2. The van der Waals surface area contributed by atoms with Crippen LogP contribution < -0.4 is 0 Å². The van der Waals surface area contributed by atoms with Crippen molar-refractivity contribution in [2.45, 2.75) is 25.7 Å². The van der Waals surface area contributed by atoms with Crippen molar-refractivity contribution in [2.75, 3.05) is 19.9 Å². The summed E-state index contributed by atoms with van der Waals surface area (Å²) >= 11 is 0. The van der Waals surface area contributed by atoms with Gasteiger partial charge in [0.1, 0.15) is 0 Å². The van der Waals surface area contributed by atoms with E-state index in [4.69, 9.17) is 9.84 Å². The molecule has 0 aromatic carbocycles. The molecule has 1 fully saturated rings. The van der Waals surface area contributed by atoms with Gasteiger partial charge in [0.05, 0.1) is 12.1 Å². The van der Waals surface area contributed by atoms with Gasteiger partial charge in [-0.3, -0.25) is 9.18 Å². The van der Waals surface area contributed by atoms with Gasteiger partial charge in [-0.25, -0.2) is 0 Å². The van der Waals surface area contributed by atoms with Gasteiger partial charge in [0.2, 0.25) is 0 Å². The number of hydrogen-bond donors (Lipinski definition) is 1. The van der Waals surface area contributed by atoms with Crippen LogP contribution in [-0.2, 0) is 9.53 Å². The van der Waals surface area contributed by atoms with Gasteiger partial charge in [0.15, 0.2) is 0 Å². The number of aliphatic carboxylic acids is 1. The quantitative estimate of drug-likeness (QED) is 0.732. The van der Waals surface area contributed by atoms with E-state index in [1.165, 1.54) is 0 Å². The third-order valence-corrected chi connectivity index (χ3v) is 2.69. The Bertz CT molecular complexity index is 176. The number of carboxylic acids is 1. The Morgan fingerprint density at radius 2 is 2.08 bits per heavy atom. The van der Waals surface area contributed by atoms with Crippen LogP contribution in [-0.4, -0.2) is 31.0 Å². The summed E-state index contributed by atoms with van der Waals surface area (Å²) in [5.41, 5.74) is -0.718. The highest BCUT2D eigenvalue weighted by molar-refractivity contribution is 5.74. The van der Waals surface area contributed by atoms with E-state index < -0.39 is 18.1 Å². The Morgan fingerprint density at radius 1 is 1.46 bits per heavy atom. The first-order valence-electron chi connectivity index (χ1n) is 4.58. The minimum absolute atomic E-state index is 0.340. The maximum Gasteiger partial charge on any atom is 0.309 e. The minimum atomic E-state index is -0.802. The summed E-state index contributed by atoms with van der Waals surface area (Å²) in [6, 6.07) is 0. The Labute approximate surface area is 76.9 Å². The van der Waals surface area contributed by atoms with Crippen molar-refractivity contribution >= 4 is 5.97 Å². The molecule has 0 aliphatic carbocycles. The molecule has 1 N–H and O–H groups in total. The SMILES string of the molecule is O=C(O)C1(CCCF)CCOCC1. The predicted octanol–water partition coefficient (Wildman–Crippen LogP) is 1.62. The molecule has 0 amide bonds. The average molecular weight is 190 g/mol. The van der Waals surface area contributed by atoms with Crippen LogP contribution in [0.4, 0.5) is 4.39 Å². The maximum absolute atomic E-state index is 12.0. The highest BCUT2D eigenvalue weighted by atomic mass is 19.1. The normalized spacial score (nSPS) is 21.3. The van der Waals surface area contributed by atoms with Crippen LogP contribution in [0.25, 0.3) is 0 Å². The lowest BCUT2D eigenvalue weighted by molar-refractivity contribution is -0.155. The second-order valence-corrected chi connectivity index (χ2v) is 3.49. The molecule has 0 atom stereocenters. The summed E-state index contributed by atoms with van der Waals surface area (Å²) in [6.45, 7) is 0.535. The fourth-order valence-corrected chi connectivity index (χ4v) is 1.74. The van der Waals surface area contributed by atoms with Crippen LogP contribution in [0.5, 0.6) is 0 Å². The monoisotopic (exact) mass is 190 g/mol. The average Bonchev–Trinajstić information content (AvgIpc) is 2.16. The van der Waals surface area contributed by atoms with Crippen LogP contribution in [0, 0.1) is 5.41 Å². The fourth-order valence-electron chi connectivity index (χ4n) is 1.74. The molecule has 0 spiro atoms. The zero-order valence-electron chi connectivity index (χ0n) is 7.59. The molecular formula is C9H15FO3. The van der Waals surface area contributed by atoms with E-state index in [0.29, 0.717) is 38.9 Å². The topological polar surface area (TPSA) is 46.5 Å². The Balaban J connectivity index is 2.56. The highest BCUT2D eigenvalue weighted by Crippen LogP contribution is 2.35. The van der Waals surface area contributed by atoms with Crippen LogP contribution in [0.3, 0.4) is 0 Å². The largest absolute Gasteiger partial charge is 0.481 e. The van der Waals surface area contributed by atoms with Crippen LogP contribution in [0.1, 0.15) is 25.7 Å². The van der Waals surface area contributed by atoms with Gasteiger partial charge < -0.3 is 9.84 Å². The molecule has 0 aromatic heterocycles. The van der Waals surface area contributed by atoms with E-state index in [9.17, 15) is 9.18 Å². The Kier molecular flexibility index (Phi) is 3.66. The number of alkyl halides is 1. The van der Waals surface area contributed by atoms with Crippen molar-refractivity contribution in [3.05, 3.63) is 0 Å². The van der Waals surface area contributed by atoms with Crippen molar-refractivity contribution < 1.29 is 19.0 Å². The molecule has 4 heteroatoms. The smallest absolute Gasteiger partial charge is 0.309 e. The molecule has 3 nitrogen and oxygen atoms in total. The van der Waals surface area contributed by atoms with Crippen molar-refractivity contribution in [3.8, 4) is 0 Å². The number of rotatable bonds is 4. The molecule has 1 aliphatic heterocycles. The van der Waals surface area contributed by atoms with E-state index in [-0.39, 0.29) is 0 Å². The molecule has 1 saturated heterocycles. The van der Waals surface area contributed by atoms with E-state index in [2.05, 4.69) is 0 Å². The van der Waals surface area contributed by atoms with Crippen molar-refractivity contribution in [2.24, 2.45) is 5.41 Å². The lowest BCUT2D eigenvalue weighted by Crippen LogP contribution is -2.37. The molecular weight excluding hydrogens is 175 g/mol. The van der Waals surface area contributed by atoms with E-state index in [1.54, 1.807) is 0 Å². The first-order valence-corrected chi connectivity index (χ1v) is 4.58. The highest BCUT2D eigenvalue weighted by Gasteiger charge is 2.39. The maximum atomic E-state index is 12.0. The summed E-state index contributed by atoms with van der Waals surface area (Å²) in [5, 5.41) is 9.04. The van der Waals surface area contributed by atoms with E-state index >= 15 is 0 Å². The molecule has 76 valence electrons. The first-order chi connectivity index (χ1) is 6.21. The van der Waals surface area contributed by atoms with Crippen molar-refractivity contribution in [1.82, 2.24) is 0 Å². The summed E-state index contributed by atoms with van der Waals surface area (Å²) in [7, 11) is 0. The lowest BCUT2D eigenvalue weighted by atomic mass is 9.76. The zero-order chi connectivity index (χ0) is 9.73. The van der Waals surface area contributed by atoms with E-state index in [1.807, 2.05) is 0 Å². The summed E-state index contributed by atoms with van der Waals surface area (Å²) in [6.07, 6.45) is 1.80. The molecule has 1 aliphatic rings. The second-order valence-electron chi connectivity index (χ2n) is 3.49. The van der Waals surface area contributed by atoms with Crippen LogP contribution in [0.15, 0.2) is 0 Å². The minimum Gasteiger partial charge on any atom is -0.481 e. The predicted molar refractivity (Wildman–Crippen MR) is 45.3 cm³/mol. The summed E-state index contributed by atoms with van der Waals surface area (Å²) < 4.78 is 17.1. The molecule has 1 heterocycles. The van der Waals surface area contributed by atoms with Gasteiger partial charge in [-0.05, 0) is 25.7 Å². The van der Waals surface area contributed by atoms with Crippen LogP contribution >= 0.6 is 0 Å². The Hall–Kier alpha value is -0.640. The number of carbonyl (C=O) groups is 1. The van der Waals surface area contributed by atoms with Crippen molar-refractivity contribution in [3.63, 3.8) is 0 Å². The molecule has 0 saturated carbocycles. The summed E-state index contributed by atoms with van der Waals surface area (Å²) in [5.74, 6) is -0.802. The standard InChI is InChI=1S/C9H15FO3/c10-5-1-2-9(8(11)12)3-6-13-7-4-9/h1-7H2,(H,11,12). The van der Waals surface area contributed by atoms with Gasteiger partial charge in [0.25, 0.3) is 0 Å². The zero-order valence-corrected chi connectivity index (χ0v) is 7.59. The molecule has 13 heavy (non-hydrogen) atoms. The second kappa shape index (κ2) is 4.56. The fraction of sp³-hybridized carbons (Fsp3) is 0.889. The third-order valence-electron chi connectivity index (χ3n) is 2.69. The van der Waals surface area contributed by atoms with Gasteiger partial charge in [-0.1, -0.05) is 0 Å². The van der Waals surface area contributed by atoms with Gasteiger partial charge in [-0.15, -0.1) is 0 Å². The molecule has 0 unspecified atom stereocenters. The molecule has 0 aromatic rings. The lowest BCUT2D eigenvalue weighted by Gasteiger charge is -2.32.